The maximum Gasteiger partial charge on any atom is 0.319 e. The number of hydrogen-bond acceptors (Lipinski definition) is 3. The largest absolute Gasteiger partial charge is 0.492 e. The van der Waals surface area contributed by atoms with Gasteiger partial charge in [-0.2, -0.15) is 0 Å². The van der Waals surface area contributed by atoms with E-state index in [2.05, 4.69) is 59.5 Å². The summed E-state index contributed by atoms with van der Waals surface area (Å²) >= 11 is 3.56. The molecule has 0 radical (unpaired) electrons. The Hall–Kier alpha value is -2.34. The minimum absolute atomic E-state index is 0.00400. The fourth-order valence-electron chi connectivity index (χ4n) is 2.50. The van der Waals surface area contributed by atoms with Crippen LogP contribution in [0.2, 0.25) is 0 Å². The van der Waals surface area contributed by atoms with Crippen LogP contribution < -0.4 is 15.4 Å². The molecule has 2 aromatic carbocycles. The number of urea groups is 1. The normalized spacial score (nSPS) is 11.0. The Balaban J connectivity index is 1.71. The van der Waals surface area contributed by atoms with Crippen molar-refractivity contribution in [3.8, 4) is 5.75 Å². The van der Waals surface area contributed by atoms with Crippen molar-refractivity contribution in [3.05, 3.63) is 58.1 Å². The maximum atomic E-state index is 11.9. The summed E-state index contributed by atoms with van der Waals surface area (Å²) in [6.07, 6.45) is 0.685. The van der Waals surface area contributed by atoms with Gasteiger partial charge in [0.25, 0.3) is 0 Å². The van der Waals surface area contributed by atoms with Crippen molar-refractivity contribution >= 4 is 33.4 Å². The average molecular weight is 447 g/mol. The van der Waals surface area contributed by atoms with Crippen LogP contribution in [0.25, 0.3) is 0 Å². The molecule has 5 nitrogen and oxygen atoms in total. The van der Waals surface area contributed by atoms with Gasteiger partial charge in [0.05, 0.1) is 11.1 Å². The molecule has 0 fully saturated rings. The Morgan fingerprint density at radius 2 is 1.75 bits per heavy atom. The van der Waals surface area contributed by atoms with Gasteiger partial charge in [-0.1, -0.05) is 26.8 Å². The molecule has 2 aromatic rings. The van der Waals surface area contributed by atoms with Gasteiger partial charge < -0.3 is 15.4 Å². The van der Waals surface area contributed by atoms with Crippen LogP contribution >= 0.6 is 15.9 Å². The number of ketones is 1. The summed E-state index contributed by atoms with van der Waals surface area (Å²) in [6.45, 7) is 9.02. The highest BCUT2D eigenvalue weighted by Crippen LogP contribution is 2.31. The molecule has 2 N–H and O–H groups in total. The fraction of sp³-hybridized carbons (Fsp3) is 0.364. The van der Waals surface area contributed by atoms with Crippen molar-refractivity contribution in [1.29, 1.82) is 0 Å². The van der Waals surface area contributed by atoms with Gasteiger partial charge in [0, 0.05) is 17.8 Å². The molecule has 2 rings (SSSR count). The van der Waals surface area contributed by atoms with Gasteiger partial charge in [-0.05, 0) is 76.7 Å². The van der Waals surface area contributed by atoms with E-state index in [1.165, 1.54) is 12.5 Å². The van der Waals surface area contributed by atoms with Gasteiger partial charge in [0.15, 0.2) is 5.78 Å². The summed E-state index contributed by atoms with van der Waals surface area (Å²) in [5.41, 5.74) is 2.58. The minimum Gasteiger partial charge on any atom is -0.492 e. The third-order valence-corrected chi connectivity index (χ3v) is 4.83. The number of halogens is 1. The van der Waals surface area contributed by atoms with Crippen molar-refractivity contribution in [1.82, 2.24) is 5.32 Å². The van der Waals surface area contributed by atoms with Crippen molar-refractivity contribution in [2.24, 2.45) is 0 Å². The lowest BCUT2D eigenvalue weighted by Gasteiger charge is -2.20. The van der Waals surface area contributed by atoms with Crippen LogP contribution in [-0.2, 0) is 5.41 Å². The molecule has 0 atom stereocenters. The zero-order valence-corrected chi connectivity index (χ0v) is 18.4. The molecule has 0 bridgehead atoms. The number of ether oxygens (including phenoxy) is 1. The first-order chi connectivity index (χ1) is 13.2. The van der Waals surface area contributed by atoms with Crippen LogP contribution in [0.3, 0.4) is 0 Å². The topological polar surface area (TPSA) is 67.4 Å². The second kappa shape index (κ2) is 9.73. The number of carbonyl (C=O) groups is 2. The fourth-order valence-corrected chi connectivity index (χ4v) is 3.00. The van der Waals surface area contributed by atoms with Crippen molar-refractivity contribution in [2.75, 3.05) is 18.5 Å². The highest BCUT2D eigenvalue weighted by molar-refractivity contribution is 9.10. The van der Waals surface area contributed by atoms with E-state index in [0.29, 0.717) is 30.8 Å². The molecule has 0 heterocycles. The number of Topliss-reactive ketones (excluding diaryl/α,β-unsaturated/α-hetero) is 1. The van der Waals surface area contributed by atoms with Crippen molar-refractivity contribution in [3.63, 3.8) is 0 Å². The highest BCUT2D eigenvalue weighted by Gasteiger charge is 2.15. The standard InChI is InChI=1S/C22H27BrN2O3/c1-15(26)16-6-9-18(10-7-16)25-21(27)24-12-5-13-28-20-11-8-17(14-19(20)23)22(2,3)4/h6-11,14H,5,12-13H2,1-4H3,(H2,24,25,27). The lowest BCUT2D eigenvalue weighted by atomic mass is 9.87. The van der Waals surface area contributed by atoms with Gasteiger partial charge in [-0.3, -0.25) is 4.79 Å². The van der Waals surface area contributed by atoms with Gasteiger partial charge >= 0.3 is 6.03 Å². The predicted octanol–water partition coefficient (Wildman–Crippen LogP) is 5.54. The van der Waals surface area contributed by atoms with Crippen LogP contribution in [0.1, 0.15) is 50.0 Å². The average Bonchev–Trinajstić information content (AvgIpc) is 2.62. The summed E-state index contributed by atoms with van der Waals surface area (Å²) < 4.78 is 6.72. The number of hydrogen-bond donors (Lipinski definition) is 2. The van der Waals surface area contributed by atoms with Gasteiger partial charge in [-0.25, -0.2) is 4.79 Å². The molecule has 6 heteroatoms. The SMILES string of the molecule is CC(=O)c1ccc(NC(=O)NCCCOc2ccc(C(C)(C)C)cc2Br)cc1. The molecule has 0 spiro atoms. The van der Waals surface area contributed by atoms with Crippen LogP contribution in [0.15, 0.2) is 46.9 Å². The second-order valence-electron chi connectivity index (χ2n) is 7.61. The third-order valence-electron chi connectivity index (χ3n) is 4.21. The molecule has 0 saturated heterocycles. The Morgan fingerprint density at radius 3 is 2.32 bits per heavy atom. The molecular weight excluding hydrogens is 420 g/mol. The zero-order valence-electron chi connectivity index (χ0n) is 16.8. The number of rotatable bonds is 7. The summed E-state index contributed by atoms with van der Waals surface area (Å²) in [5, 5.41) is 5.53. The Kier molecular flexibility index (Phi) is 7.63. The molecule has 0 aliphatic carbocycles. The van der Waals surface area contributed by atoms with E-state index >= 15 is 0 Å². The number of carbonyl (C=O) groups excluding carboxylic acids is 2. The predicted molar refractivity (Wildman–Crippen MR) is 116 cm³/mol. The summed E-state index contributed by atoms with van der Waals surface area (Å²) in [5.74, 6) is 0.790. The van der Waals surface area contributed by atoms with Gasteiger partial charge in [0.1, 0.15) is 5.75 Å². The molecular formula is C22H27BrN2O3. The molecule has 0 aromatic heterocycles. The van der Waals surface area contributed by atoms with Crippen LogP contribution in [0.5, 0.6) is 5.75 Å². The van der Waals surface area contributed by atoms with Gasteiger partial charge in [0.2, 0.25) is 0 Å². The summed E-state index contributed by atoms with van der Waals surface area (Å²) in [7, 11) is 0. The maximum absolute atomic E-state index is 11.9. The molecule has 0 saturated carbocycles. The minimum atomic E-state index is -0.286. The van der Waals surface area contributed by atoms with Crippen LogP contribution in [-0.4, -0.2) is 25.0 Å². The van der Waals surface area contributed by atoms with E-state index < -0.39 is 0 Å². The number of nitrogens with one attached hydrogen (secondary N) is 2. The molecule has 0 aliphatic rings. The number of anilines is 1. The number of benzene rings is 2. The van der Waals surface area contributed by atoms with E-state index in [-0.39, 0.29) is 17.2 Å². The Labute approximate surface area is 175 Å². The third kappa shape index (κ3) is 6.68. The monoisotopic (exact) mass is 446 g/mol. The first-order valence-corrected chi connectivity index (χ1v) is 10.0. The number of amides is 2. The van der Waals surface area contributed by atoms with E-state index in [9.17, 15) is 9.59 Å². The molecule has 2 amide bonds. The summed E-state index contributed by atoms with van der Waals surface area (Å²) in [6, 6.07) is 12.6. The Bertz CT molecular complexity index is 827. The van der Waals surface area contributed by atoms with Crippen molar-refractivity contribution < 1.29 is 14.3 Å². The van der Waals surface area contributed by atoms with Crippen LogP contribution in [0, 0.1) is 0 Å². The first-order valence-electron chi connectivity index (χ1n) is 9.25. The van der Waals surface area contributed by atoms with Gasteiger partial charge in [-0.15, -0.1) is 0 Å². The second-order valence-corrected chi connectivity index (χ2v) is 8.47. The smallest absolute Gasteiger partial charge is 0.319 e. The molecule has 0 aliphatic heterocycles. The zero-order chi connectivity index (χ0) is 20.7. The van der Waals surface area contributed by atoms with Crippen molar-refractivity contribution in [2.45, 2.75) is 39.5 Å². The molecule has 28 heavy (non-hydrogen) atoms. The van der Waals surface area contributed by atoms with E-state index in [4.69, 9.17) is 4.74 Å². The molecule has 150 valence electrons. The first kappa shape index (κ1) is 22.0. The lowest BCUT2D eigenvalue weighted by Crippen LogP contribution is -2.30. The Morgan fingerprint density at radius 1 is 1.07 bits per heavy atom. The lowest BCUT2D eigenvalue weighted by molar-refractivity contribution is 0.101. The van der Waals surface area contributed by atoms with E-state index in [1.807, 2.05) is 6.07 Å². The molecule has 0 unspecified atom stereocenters. The summed E-state index contributed by atoms with van der Waals surface area (Å²) in [4.78, 5) is 23.2. The van der Waals surface area contributed by atoms with E-state index in [0.717, 1.165) is 10.2 Å². The van der Waals surface area contributed by atoms with E-state index in [1.54, 1.807) is 24.3 Å². The quantitative estimate of drug-likeness (QED) is 0.433. The van der Waals surface area contributed by atoms with Crippen LogP contribution in [0.4, 0.5) is 10.5 Å². The highest BCUT2D eigenvalue weighted by atomic mass is 79.9.